The lowest BCUT2D eigenvalue weighted by atomic mass is 9.78. The second kappa shape index (κ2) is 17.3. The van der Waals surface area contributed by atoms with E-state index in [2.05, 4.69) is 26.3 Å². The molecule has 2 unspecified atom stereocenters. The van der Waals surface area contributed by atoms with Crippen LogP contribution in [0.4, 0.5) is 17.6 Å². The van der Waals surface area contributed by atoms with Gasteiger partial charge in [0.25, 0.3) is 0 Å². The lowest BCUT2D eigenvalue weighted by molar-refractivity contribution is -0.139. The minimum atomic E-state index is -4.64. The number of hydrogen-bond acceptors (Lipinski definition) is 5. The summed E-state index contributed by atoms with van der Waals surface area (Å²) in [6.07, 6.45) is -2.40. The number of halogens is 4. The van der Waals surface area contributed by atoms with Gasteiger partial charge in [-0.2, -0.15) is 13.2 Å². The zero-order chi connectivity index (χ0) is 39.2. The normalized spacial score (nSPS) is 19.9. The van der Waals surface area contributed by atoms with Gasteiger partial charge in [-0.3, -0.25) is 19.2 Å². The molecule has 0 spiro atoms. The molecule has 14 heteroatoms. The van der Waals surface area contributed by atoms with Gasteiger partial charge < -0.3 is 31.0 Å². The van der Waals surface area contributed by atoms with Crippen molar-refractivity contribution in [2.75, 3.05) is 19.8 Å². The number of H-pyrrole nitrogens is 1. The summed E-state index contributed by atoms with van der Waals surface area (Å²) in [6.45, 7) is 8.96. The number of hydrogen-bond donors (Lipinski definition) is 5. The molecule has 5 atom stereocenters. The van der Waals surface area contributed by atoms with E-state index in [4.69, 9.17) is 4.74 Å². The van der Waals surface area contributed by atoms with Gasteiger partial charge in [-0.25, -0.2) is 4.39 Å². The van der Waals surface area contributed by atoms with Gasteiger partial charge >= 0.3 is 6.18 Å². The summed E-state index contributed by atoms with van der Waals surface area (Å²) in [5.74, 6) is -3.36. The van der Waals surface area contributed by atoms with Gasteiger partial charge in [-0.15, -0.1) is 0 Å². The summed E-state index contributed by atoms with van der Waals surface area (Å²) < 4.78 is 62.0. The van der Waals surface area contributed by atoms with Crippen LogP contribution in [0.3, 0.4) is 0 Å². The van der Waals surface area contributed by atoms with Crippen LogP contribution in [0.15, 0.2) is 42.5 Å². The van der Waals surface area contributed by atoms with E-state index in [1.807, 2.05) is 20.8 Å². The Balaban J connectivity index is 1.47. The van der Waals surface area contributed by atoms with Crippen LogP contribution < -0.4 is 21.3 Å². The highest BCUT2D eigenvalue weighted by molar-refractivity contribution is 5.99. The molecule has 1 saturated heterocycles. The van der Waals surface area contributed by atoms with Gasteiger partial charge in [0, 0.05) is 37.3 Å². The van der Waals surface area contributed by atoms with E-state index in [0.29, 0.717) is 43.9 Å². The molecule has 2 heterocycles. The van der Waals surface area contributed by atoms with Crippen molar-refractivity contribution in [3.63, 3.8) is 0 Å². The van der Waals surface area contributed by atoms with Gasteiger partial charge in [0.15, 0.2) is 0 Å². The molecular weight excluding hydrogens is 706 g/mol. The number of carbonyl (C=O) groups excluding carboxylic acids is 4. The molecular formula is C40H51F4N5O5. The van der Waals surface area contributed by atoms with Crippen LogP contribution in [0.1, 0.15) is 82.2 Å². The standard InChI is InChI=1S/C40H51F4N5O5/c1-5-23(3)33(36(51)45-22-25-15-18-54-19-16-25)48-38(53)39(17-14-31-28(21-39)27-11-9-12-29(35(27)46-31)40(42,43)44)49-37(52)34(24(4)6-2)47-32(50)20-26-10-7-8-13-30(26)41/h7-13,23-25,33-34,46H,5-6,14-22H2,1-4H3,(H,45,51)(H,47,50)(H,48,53)(H,49,52)/t23-,24?,33?,34-,39+/m0/s1. The van der Waals surface area contributed by atoms with E-state index in [0.717, 1.165) is 18.9 Å². The molecule has 0 bridgehead atoms. The van der Waals surface area contributed by atoms with E-state index < -0.39 is 58.8 Å². The molecule has 4 amide bonds. The molecule has 0 radical (unpaired) electrons. The Morgan fingerprint density at radius 1 is 0.926 bits per heavy atom. The van der Waals surface area contributed by atoms with Crippen molar-refractivity contribution in [1.82, 2.24) is 26.3 Å². The fourth-order valence-corrected chi connectivity index (χ4v) is 7.41. The Hall–Kier alpha value is -4.46. The number of amides is 4. The molecule has 10 nitrogen and oxygen atoms in total. The molecule has 1 fully saturated rings. The highest BCUT2D eigenvalue weighted by Gasteiger charge is 2.47. The molecule has 54 heavy (non-hydrogen) atoms. The van der Waals surface area contributed by atoms with Gasteiger partial charge in [-0.05, 0) is 66.7 Å². The van der Waals surface area contributed by atoms with Gasteiger partial charge in [-0.1, -0.05) is 70.9 Å². The maximum atomic E-state index is 14.7. The second-order valence-electron chi connectivity index (χ2n) is 14.9. The summed E-state index contributed by atoms with van der Waals surface area (Å²) >= 11 is 0. The average molecular weight is 758 g/mol. The van der Waals surface area contributed by atoms with E-state index in [1.54, 1.807) is 19.1 Å². The number of rotatable bonds is 14. The number of aromatic nitrogens is 1. The van der Waals surface area contributed by atoms with Crippen molar-refractivity contribution in [2.45, 2.75) is 103 Å². The number of alkyl halides is 3. The van der Waals surface area contributed by atoms with E-state index >= 15 is 0 Å². The molecule has 3 aromatic rings. The first-order chi connectivity index (χ1) is 25.7. The number of para-hydroxylation sites is 1. The summed E-state index contributed by atoms with van der Waals surface area (Å²) in [4.78, 5) is 58.9. The second-order valence-corrected chi connectivity index (χ2v) is 14.9. The highest BCUT2D eigenvalue weighted by atomic mass is 19.4. The molecule has 1 aliphatic heterocycles. The maximum absolute atomic E-state index is 14.7. The van der Waals surface area contributed by atoms with Crippen LogP contribution in [0.25, 0.3) is 10.9 Å². The Bertz CT molecular complexity index is 1820. The van der Waals surface area contributed by atoms with Crippen molar-refractivity contribution >= 4 is 34.5 Å². The molecule has 294 valence electrons. The maximum Gasteiger partial charge on any atom is 0.418 e. The monoisotopic (exact) mass is 757 g/mol. The molecule has 0 saturated carbocycles. The number of nitrogens with one attached hydrogen (secondary N) is 5. The fourth-order valence-electron chi connectivity index (χ4n) is 7.41. The topological polar surface area (TPSA) is 141 Å². The molecule has 1 aromatic heterocycles. The van der Waals surface area contributed by atoms with Crippen LogP contribution in [-0.2, 0) is 49.4 Å². The Kier molecular flexibility index (Phi) is 13.1. The van der Waals surface area contributed by atoms with E-state index in [1.165, 1.54) is 24.3 Å². The largest absolute Gasteiger partial charge is 0.418 e. The number of aromatic amines is 1. The van der Waals surface area contributed by atoms with Crippen molar-refractivity contribution in [3.8, 4) is 0 Å². The summed E-state index contributed by atoms with van der Waals surface area (Å²) in [6, 6.07) is 7.56. The zero-order valence-corrected chi connectivity index (χ0v) is 31.3. The van der Waals surface area contributed by atoms with Crippen LogP contribution in [-0.4, -0.2) is 66.0 Å². The third-order valence-electron chi connectivity index (χ3n) is 11.2. The minimum absolute atomic E-state index is 0.000928. The van der Waals surface area contributed by atoms with Crippen LogP contribution in [0.2, 0.25) is 0 Å². The molecule has 1 aliphatic carbocycles. The minimum Gasteiger partial charge on any atom is -0.381 e. The number of benzene rings is 2. The van der Waals surface area contributed by atoms with Crippen LogP contribution >= 0.6 is 0 Å². The molecule has 5 N–H and O–H groups in total. The zero-order valence-electron chi connectivity index (χ0n) is 31.3. The Labute approximate surface area is 312 Å². The Morgan fingerprint density at radius 3 is 2.24 bits per heavy atom. The predicted molar refractivity (Wildman–Crippen MR) is 196 cm³/mol. The predicted octanol–water partition coefficient (Wildman–Crippen LogP) is 5.52. The summed E-state index contributed by atoms with van der Waals surface area (Å²) in [5, 5.41) is 11.9. The lowest BCUT2D eigenvalue weighted by Crippen LogP contribution is -2.67. The van der Waals surface area contributed by atoms with Crippen molar-refractivity contribution in [1.29, 1.82) is 0 Å². The van der Waals surface area contributed by atoms with Gasteiger partial charge in [0.05, 0.1) is 17.5 Å². The van der Waals surface area contributed by atoms with E-state index in [9.17, 15) is 36.7 Å². The average Bonchev–Trinajstić information content (AvgIpc) is 3.52. The third-order valence-corrected chi connectivity index (χ3v) is 11.2. The number of aryl methyl sites for hydroxylation is 1. The number of fused-ring (bicyclic) bond motifs is 3. The number of carbonyl (C=O) groups is 4. The lowest BCUT2D eigenvalue weighted by Gasteiger charge is -2.40. The van der Waals surface area contributed by atoms with Crippen molar-refractivity contribution < 1.29 is 41.5 Å². The molecule has 2 aliphatic rings. The van der Waals surface area contributed by atoms with Gasteiger partial charge in [0.2, 0.25) is 23.6 Å². The van der Waals surface area contributed by atoms with Crippen LogP contribution in [0, 0.1) is 23.6 Å². The molecule has 2 aromatic carbocycles. The Morgan fingerprint density at radius 2 is 1.59 bits per heavy atom. The summed E-state index contributed by atoms with van der Waals surface area (Å²) in [7, 11) is 0. The number of ether oxygens (including phenoxy) is 1. The smallest absolute Gasteiger partial charge is 0.381 e. The first-order valence-electron chi connectivity index (χ1n) is 18.9. The first kappa shape index (κ1) is 40.7. The van der Waals surface area contributed by atoms with Gasteiger partial charge in [0.1, 0.15) is 23.4 Å². The SMILES string of the molecule is CCC(C)[C@H](NC(=O)Cc1ccccc1F)C(=O)N[C@]1(C(=O)NC(C(=O)NCC2CCOCC2)[C@@H](C)CC)CCc2[nH]c3c(C(F)(F)F)cccc3c2C1. The summed E-state index contributed by atoms with van der Waals surface area (Å²) in [5.41, 5.74) is -1.55. The fraction of sp³-hybridized carbons (Fsp3) is 0.550. The van der Waals surface area contributed by atoms with Crippen LogP contribution in [0.5, 0.6) is 0 Å². The quantitative estimate of drug-likeness (QED) is 0.138. The van der Waals surface area contributed by atoms with Crippen molar-refractivity contribution in [3.05, 3.63) is 70.7 Å². The van der Waals surface area contributed by atoms with Crippen molar-refractivity contribution in [2.24, 2.45) is 17.8 Å². The third kappa shape index (κ3) is 9.24. The first-order valence-corrected chi connectivity index (χ1v) is 18.9. The molecule has 5 rings (SSSR count). The highest BCUT2D eigenvalue weighted by Crippen LogP contribution is 2.40. The van der Waals surface area contributed by atoms with E-state index in [-0.39, 0.29) is 59.9 Å².